The number of benzene rings is 2. The van der Waals surface area contributed by atoms with Crippen LogP contribution in [0, 0.1) is 6.92 Å². The van der Waals surface area contributed by atoms with Gasteiger partial charge in [-0.3, -0.25) is 9.78 Å². The second-order valence-electron chi connectivity index (χ2n) is 10.2. The number of piperidine rings is 1. The van der Waals surface area contributed by atoms with Crippen molar-refractivity contribution in [3.63, 3.8) is 0 Å². The van der Waals surface area contributed by atoms with Crippen LogP contribution in [0.25, 0.3) is 0 Å². The lowest BCUT2D eigenvalue weighted by molar-refractivity contribution is 0.0931. The molecule has 1 fully saturated rings. The molecule has 1 saturated heterocycles. The first kappa shape index (κ1) is 26.0. The highest BCUT2D eigenvalue weighted by atomic mass is 35.5. The van der Waals surface area contributed by atoms with Crippen LogP contribution in [0.3, 0.4) is 0 Å². The van der Waals surface area contributed by atoms with Crippen molar-refractivity contribution >= 4 is 34.9 Å². The number of nitrogens with zero attached hydrogens (tertiary/aromatic N) is 2. The molecule has 3 N–H and O–H groups in total. The Kier molecular flexibility index (Phi) is 8.13. The summed E-state index contributed by atoms with van der Waals surface area (Å²) >= 11 is 6.18. The number of halogens is 1. The maximum Gasteiger partial charge on any atom is 0.319 e. The van der Waals surface area contributed by atoms with Crippen LogP contribution in [-0.4, -0.2) is 42.6 Å². The van der Waals surface area contributed by atoms with E-state index in [1.807, 2.05) is 55.7 Å². The number of hydrogen-bond acceptors (Lipinski definition) is 4. The molecule has 2 aromatic carbocycles. The lowest BCUT2D eigenvalue weighted by Crippen LogP contribution is -2.44. The Labute approximate surface area is 229 Å². The number of amides is 3. The van der Waals surface area contributed by atoms with Gasteiger partial charge in [0, 0.05) is 65.9 Å². The molecule has 2 heterocycles. The zero-order valence-electron chi connectivity index (χ0n) is 21.7. The maximum absolute atomic E-state index is 13.2. The minimum absolute atomic E-state index is 0.0264. The molecule has 0 radical (unpaired) electrons. The first-order chi connectivity index (χ1) is 18.5. The summed E-state index contributed by atoms with van der Waals surface area (Å²) in [5.41, 5.74) is 5.91. The van der Waals surface area contributed by atoms with Crippen LogP contribution in [0.15, 0.2) is 60.9 Å². The molecule has 8 heteroatoms. The van der Waals surface area contributed by atoms with Gasteiger partial charge < -0.3 is 20.9 Å². The molecule has 1 atom stereocenters. The molecule has 0 bridgehead atoms. The fourth-order valence-electron chi connectivity index (χ4n) is 5.42. The number of rotatable bonds is 6. The summed E-state index contributed by atoms with van der Waals surface area (Å²) in [4.78, 5) is 32.1. The number of pyridine rings is 1. The first-order valence-corrected chi connectivity index (χ1v) is 13.7. The Balaban J connectivity index is 1.17. The zero-order chi connectivity index (χ0) is 26.5. The number of hydrogen-bond donors (Lipinski definition) is 3. The topological polar surface area (TPSA) is 86.4 Å². The molecule has 1 unspecified atom stereocenters. The SMILES string of the molecule is Cc1ccc(NC(=O)NCC2CCCc3ccc(C(=O)NC4CCN(c5ccncc5)CC4)cc32)cc1Cl. The van der Waals surface area contributed by atoms with E-state index in [0.29, 0.717) is 22.8 Å². The number of fused-ring (bicyclic) bond motifs is 1. The Bertz CT molecular complexity index is 1290. The molecule has 3 aromatic rings. The first-order valence-electron chi connectivity index (χ1n) is 13.4. The predicted molar refractivity (Wildman–Crippen MR) is 152 cm³/mol. The van der Waals surface area contributed by atoms with E-state index in [9.17, 15) is 9.59 Å². The van der Waals surface area contributed by atoms with Gasteiger partial charge in [-0.1, -0.05) is 23.7 Å². The third-order valence-corrected chi connectivity index (χ3v) is 8.05. The molecule has 3 amide bonds. The fourth-order valence-corrected chi connectivity index (χ4v) is 5.60. The molecular weight excluding hydrogens is 498 g/mol. The molecule has 1 aromatic heterocycles. The Morgan fingerprint density at radius 3 is 2.58 bits per heavy atom. The quantitative estimate of drug-likeness (QED) is 0.382. The minimum atomic E-state index is -0.260. The van der Waals surface area contributed by atoms with E-state index < -0.39 is 0 Å². The van der Waals surface area contributed by atoms with Crippen molar-refractivity contribution < 1.29 is 9.59 Å². The highest BCUT2D eigenvalue weighted by molar-refractivity contribution is 6.31. The van der Waals surface area contributed by atoms with Crippen LogP contribution in [0.1, 0.15) is 58.6 Å². The van der Waals surface area contributed by atoms with Gasteiger partial charge in [-0.25, -0.2) is 4.79 Å². The van der Waals surface area contributed by atoms with Crippen LogP contribution >= 0.6 is 11.6 Å². The summed E-state index contributed by atoms with van der Waals surface area (Å²) in [5.74, 6) is 0.142. The molecule has 1 aliphatic heterocycles. The maximum atomic E-state index is 13.2. The number of anilines is 2. The summed E-state index contributed by atoms with van der Waals surface area (Å²) in [7, 11) is 0. The van der Waals surface area contributed by atoms with Gasteiger partial charge in [0.25, 0.3) is 5.91 Å². The van der Waals surface area contributed by atoms with Gasteiger partial charge in [0.1, 0.15) is 0 Å². The molecule has 1 aliphatic carbocycles. The van der Waals surface area contributed by atoms with Crippen molar-refractivity contribution in [2.24, 2.45) is 0 Å². The number of urea groups is 1. The predicted octanol–water partition coefficient (Wildman–Crippen LogP) is 5.68. The lowest BCUT2D eigenvalue weighted by atomic mass is 9.82. The van der Waals surface area contributed by atoms with Crippen LogP contribution < -0.4 is 20.9 Å². The van der Waals surface area contributed by atoms with Gasteiger partial charge in [-0.05, 0) is 92.1 Å². The van der Waals surface area contributed by atoms with E-state index in [-0.39, 0.29) is 23.9 Å². The van der Waals surface area contributed by atoms with Gasteiger partial charge in [-0.2, -0.15) is 0 Å². The van der Waals surface area contributed by atoms with E-state index in [2.05, 4.69) is 31.9 Å². The lowest BCUT2D eigenvalue weighted by Gasteiger charge is -2.34. The van der Waals surface area contributed by atoms with Crippen LogP contribution in [0.5, 0.6) is 0 Å². The molecule has 2 aliphatic rings. The smallest absolute Gasteiger partial charge is 0.319 e. The van der Waals surface area contributed by atoms with Crippen molar-refractivity contribution in [2.75, 3.05) is 29.9 Å². The van der Waals surface area contributed by atoms with Crippen molar-refractivity contribution in [3.8, 4) is 0 Å². The molecule has 7 nitrogen and oxygen atoms in total. The molecule has 0 saturated carbocycles. The Hall–Kier alpha value is -3.58. The third kappa shape index (κ3) is 6.27. The fraction of sp³-hybridized carbons (Fsp3) is 0.367. The number of aryl methyl sites for hydroxylation is 2. The summed E-state index contributed by atoms with van der Waals surface area (Å²) in [6.07, 6.45) is 8.48. The number of carbonyl (C=O) groups is 2. The second-order valence-corrected chi connectivity index (χ2v) is 10.6. The zero-order valence-corrected chi connectivity index (χ0v) is 22.4. The Morgan fingerprint density at radius 2 is 1.82 bits per heavy atom. The van der Waals surface area contributed by atoms with Gasteiger partial charge in [0.05, 0.1) is 0 Å². The van der Waals surface area contributed by atoms with Gasteiger partial charge in [0.2, 0.25) is 0 Å². The van der Waals surface area contributed by atoms with Crippen molar-refractivity contribution in [3.05, 3.63) is 88.2 Å². The van der Waals surface area contributed by atoms with E-state index in [0.717, 1.165) is 56.3 Å². The van der Waals surface area contributed by atoms with Gasteiger partial charge in [-0.15, -0.1) is 0 Å². The summed E-state index contributed by atoms with van der Waals surface area (Å²) in [6.45, 7) is 4.25. The van der Waals surface area contributed by atoms with Crippen molar-refractivity contribution in [1.29, 1.82) is 0 Å². The van der Waals surface area contributed by atoms with Gasteiger partial charge >= 0.3 is 6.03 Å². The number of carbonyl (C=O) groups excluding carboxylic acids is 2. The van der Waals surface area contributed by atoms with E-state index in [4.69, 9.17) is 11.6 Å². The average molecular weight is 532 g/mol. The standard InChI is InChI=1S/C30H34ClN5O2/c1-20-5-8-25(18-28(20)31)35-30(38)33-19-23-4-2-3-21-6-7-22(17-27(21)23)29(37)34-24-11-15-36(16-12-24)26-9-13-32-14-10-26/h5-10,13-14,17-18,23-24H,2-4,11-12,15-16,19H2,1H3,(H,34,37)(H2,33,35,38). The highest BCUT2D eigenvalue weighted by Crippen LogP contribution is 2.32. The minimum Gasteiger partial charge on any atom is -0.371 e. The monoisotopic (exact) mass is 531 g/mol. The van der Waals surface area contributed by atoms with Crippen LogP contribution in [0.2, 0.25) is 5.02 Å². The Morgan fingerprint density at radius 1 is 1.03 bits per heavy atom. The van der Waals surface area contributed by atoms with Crippen LogP contribution in [-0.2, 0) is 6.42 Å². The van der Waals surface area contributed by atoms with E-state index >= 15 is 0 Å². The second kappa shape index (κ2) is 11.9. The number of aromatic nitrogens is 1. The molecular formula is C30H34ClN5O2. The van der Waals surface area contributed by atoms with E-state index in [1.54, 1.807) is 6.07 Å². The molecule has 5 rings (SSSR count). The average Bonchev–Trinajstić information content (AvgIpc) is 2.94. The normalized spacial score (nSPS) is 17.4. The third-order valence-electron chi connectivity index (χ3n) is 7.64. The van der Waals surface area contributed by atoms with E-state index in [1.165, 1.54) is 11.3 Å². The number of nitrogens with one attached hydrogen (secondary N) is 3. The largest absolute Gasteiger partial charge is 0.371 e. The molecule has 38 heavy (non-hydrogen) atoms. The highest BCUT2D eigenvalue weighted by Gasteiger charge is 2.25. The van der Waals surface area contributed by atoms with Crippen molar-refractivity contribution in [1.82, 2.24) is 15.6 Å². The van der Waals surface area contributed by atoms with Crippen molar-refractivity contribution in [2.45, 2.75) is 51.0 Å². The molecule has 0 spiro atoms. The van der Waals surface area contributed by atoms with Gasteiger partial charge in [0.15, 0.2) is 0 Å². The summed E-state index contributed by atoms with van der Waals surface area (Å²) in [6, 6.07) is 15.5. The summed E-state index contributed by atoms with van der Waals surface area (Å²) in [5, 5.41) is 9.73. The summed E-state index contributed by atoms with van der Waals surface area (Å²) < 4.78 is 0. The molecule has 198 valence electrons. The van der Waals surface area contributed by atoms with Crippen LogP contribution in [0.4, 0.5) is 16.2 Å².